The number of ether oxygens (including phenoxy) is 3. The van der Waals surface area contributed by atoms with E-state index in [0.717, 1.165) is 31.7 Å². The molecule has 0 radical (unpaired) electrons. The molecular formula is C20H42Cl2O3Si. The van der Waals surface area contributed by atoms with Crippen LogP contribution in [0.2, 0.25) is 12.1 Å². The van der Waals surface area contributed by atoms with Gasteiger partial charge >= 0.3 is 0 Å². The summed E-state index contributed by atoms with van der Waals surface area (Å²) in [6.07, 6.45) is 13.0. The number of hydrogen-bond acceptors (Lipinski definition) is 3. The summed E-state index contributed by atoms with van der Waals surface area (Å²) in [5.41, 5.74) is 0. The summed E-state index contributed by atoms with van der Waals surface area (Å²) in [4.78, 5) is 0. The number of hydrogen-bond donors (Lipinski definition) is 0. The van der Waals surface area contributed by atoms with E-state index in [2.05, 4.69) is 6.92 Å². The Bertz CT molecular complexity index is 282. The van der Waals surface area contributed by atoms with Crippen LogP contribution in [0.15, 0.2) is 0 Å². The zero-order chi connectivity index (χ0) is 19.3. The van der Waals surface area contributed by atoms with Crippen molar-refractivity contribution >= 4 is 28.9 Å². The van der Waals surface area contributed by atoms with E-state index in [4.69, 9.17) is 36.4 Å². The van der Waals surface area contributed by atoms with Gasteiger partial charge in [-0.3, -0.25) is 0 Å². The lowest BCUT2D eigenvalue weighted by molar-refractivity contribution is 0.0171. The third-order valence-electron chi connectivity index (χ3n) is 4.43. The highest BCUT2D eigenvalue weighted by Gasteiger charge is 2.26. The van der Waals surface area contributed by atoms with Gasteiger partial charge in [-0.1, -0.05) is 64.7 Å². The predicted molar refractivity (Wildman–Crippen MR) is 117 cm³/mol. The average Bonchev–Trinajstić information content (AvgIpc) is 2.62. The maximum absolute atomic E-state index is 6.55. The van der Waals surface area contributed by atoms with Crippen molar-refractivity contribution in [1.82, 2.24) is 0 Å². The second-order valence-corrected chi connectivity index (χ2v) is 14.6. The second-order valence-electron chi connectivity index (χ2n) is 6.96. The van der Waals surface area contributed by atoms with Crippen molar-refractivity contribution in [2.24, 2.45) is 0 Å². The van der Waals surface area contributed by atoms with Gasteiger partial charge in [0.1, 0.15) is 0 Å². The summed E-state index contributed by atoms with van der Waals surface area (Å²) in [6.45, 7) is 6.18. The smallest absolute Gasteiger partial charge is 0.251 e. The Morgan fingerprint density at radius 3 is 1.58 bits per heavy atom. The van der Waals surface area contributed by atoms with Gasteiger partial charge in [0.15, 0.2) is 0 Å². The first-order chi connectivity index (χ1) is 12.6. The molecule has 0 heterocycles. The number of rotatable bonds is 21. The summed E-state index contributed by atoms with van der Waals surface area (Å²) in [7, 11) is 0. The molecule has 0 aromatic heterocycles. The van der Waals surface area contributed by atoms with Crippen LogP contribution in [0.5, 0.6) is 0 Å². The summed E-state index contributed by atoms with van der Waals surface area (Å²) in [5, 5.41) is 0. The van der Waals surface area contributed by atoms with Crippen molar-refractivity contribution in [2.45, 2.75) is 90.1 Å². The fraction of sp³-hybridized carbons (Fsp3) is 1.00. The summed E-state index contributed by atoms with van der Waals surface area (Å²) < 4.78 is 16.2. The topological polar surface area (TPSA) is 27.7 Å². The average molecular weight is 430 g/mol. The fourth-order valence-corrected chi connectivity index (χ4v) is 6.12. The van der Waals surface area contributed by atoms with E-state index in [0.29, 0.717) is 26.4 Å². The maximum Gasteiger partial charge on any atom is 0.251 e. The van der Waals surface area contributed by atoms with E-state index >= 15 is 0 Å². The van der Waals surface area contributed by atoms with Crippen LogP contribution >= 0.6 is 22.2 Å². The standard InChI is InChI=1S/C20H42Cl2O3Si/c1-3-5-6-7-8-9-10-11-12-19-26(21,22)20-13-14-24-17-18-25-16-15-23-4-2/h3-20H2,1-2H3. The van der Waals surface area contributed by atoms with Crippen LogP contribution in [0.3, 0.4) is 0 Å². The van der Waals surface area contributed by atoms with E-state index in [9.17, 15) is 0 Å². The minimum atomic E-state index is -2.06. The number of unbranched alkanes of at least 4 members (excludes halogenated alkanes) is 8. The Labute approximate surface area is 172 Å². The molecule has 0 aliphatic rings. The molecule has 0 aliphatic heterocycles. The third kappa shape index (κ3) is 21.0. The second kappa shape index (κ2) is 20.4. The van der Waals surface area contributed by atoms with E-state index in [-0.39, 0.29) is 0 Å². The molecule has 0 fully saturated rings. The van der Waals surface area contributed by atoms with Crippen LogP contribution in [-0.4, -0.2) is 46.3 Å². The molecule has 0 saturated carbocycles. The lowest BCUT2D eigenvalue weighted by atomic mass is 10.1. The van der Waals surface area contributed by atoms with Crippen LogP contribution in [0.1, 0.15) is 78.1 Å². The van der Waals surface area contributed by atoms with Crippen LogP contribution in [0.4, 0.5) is 0 Å². The van der Waals surface area contributed by atoms with Crippen molar-refractivity contribution in [1.29, 1.82) is 0 Å². The monoisotopic (exact) mass is 428 g/mol. The van der Waals surface area contributed by atoms with Gasteiger partial charge in [-0.2, -0.15) is 0 Å². The molecule has 26 heavy (non-hydrogen) atoms. The first-order valence-corrected chi connectivity index (χ1v) is 15.2. The van der Waals surface area contributed by atoms with Crippen molar-refractivity contribution in [3.05, 3.63) is 0 Å². The van der Waals surface area contributed by atoms with Crippen molar-refractivity contribution in [3.63, 3.8) is 0 Å². The first-order valence-electron chi connectivity index (χ1n) is 10.7. The number of halogens is 2. The van der Waals surface area contributed by atoms with E-state index in [1.165, 1.54) is 57.8 Å². The first kappa shape index (κ1) is 26.7. The molecule has 0 spiro atoms. The van der Waals surface area contributed by atoms with Crippen LogP contribution in [-0.2, 0) is 14.2 Å². The minimum absolute atomic E-state index is 0.621. The van der Waals surface area contributed by atoms with E-state index in [1.54, 1.807) is 0 Å². The third-order valence-corrected chi connectivity index (χ3v) is 8.86. The quantitative estimate of drug-likeness (QED) is 0.113. The normalized spacial score (nSPS) is 12.0. The lowest BCUT2D eigenvalue weighted by Gasteiger charge is -2.16. The molecule has 158 valence electrons. The van der Waals surface area contributed by atoms with Crippen LogP contribution < -0.4 is 0 Å². The van der Waals surface area contributed by atoms with Gasteiger partial charge in [-0.05, 0) is 25.4 Å². The predicted octanol–water partition coefficient (Wildman–Crippen LogP) is 6.90. The summed E-state index contributed by atoms with van der Waals surface area (Å²) in [6, 6.07) is 1.95. The largest absolute Gasteiger partial charge is 0.379 e. The Morgan fingerprint density at radius 1 is 0.538 bits per heavy atom. The zero-order valence-electron chi connectivity index (χ0n) is 17.2. The highest BCUT2D eigenvalue weighted by atomic mass is 35.7. The molecule has 0 aliphatic carbocycles. The lowest BCUT2D eigenvalue weighted by Crippen LogP contribution is -2.19. The SMILES string of the molecule is CCCCCCCCCCC[Si](Cl)(Cl)CCCOCCOCCOCC. The highest BCUT2D eigenvalue weighted by Crippen LogP contribution is 2.29. The zero-order valence-corrected chi connectivity index (χ0v) is 19.7. The molecule has 6 heteroatoms. The molecular weight excluding hydrogens is 387 g/mol. The molecule has 0 N–H and O–H groups in total. The molecule has 0 unspecified atom stereocenters. The van der Waals surface area contributed by atoms with Gasteiger partial charge in [-0.15, -0.1) is 22.2 Å². The van der Waals surface area contributed by atoms with Gasteiger partial charge in [-0.25, -0.2) is 0 Å². The summed E-state index contributed by atoms with van der Waals surface area (Å²) in [5.74, 6) is 0. The van der Waals surface area contributed by atoms with Crippen LogP contribution in [0.25, 0.3) is 0 Å². The Morgan fingerprint density at radius 2 is 1.00 bits per heavy atom. The molecule has 0 aromatic carbocycles. The summed E-state index contributed by atoms with van der Waals surface area (Å²) >= 11 is 13.1. The Hall–Kier alpha value is 0.677. The molecule has 0 atom stereocenters. The van der Waals surface area contributed by atoms with Crippen molar-refractivity contribution in [3.8, 4) is 0 Å². The molecule has 0 amide bonds. The van der Waals surface area contributed by atoms with E-state index in [1.807, 2.05) is 6.92 Å². The molecule has 0 rings (SSSR count). The molecule has 3 nitrogen and oxygen atoms in total. The van der Waals surface area contributed by atoms with Gasteiger partial charge in [0, 0.05) is 13.2 Å². The van der Waals surface area contributed by atoms with Crippen LogP contribution in [0, 0.1) is 0 Å². The highest BCUT2D eigenvalue weighted by molar-refractivity contribution is 7.45. The van der Waals surface area contributed by atoms with Gasteiger partial charge in [0.2, 0.25) is 0 Å². The Balaban J connectivity index is 3.31. The molecule has 0 saturated heterocycles. The minimum Gasteiger partial charge on any atom is -0.379 e. The van der Waals surface area contributed by atoms with Crippen molar-refractivity contribution < 1.29 is 14.2 Å². The van der Waals surface area contributed by atoms with Gasteiger partial charge in [0.25, 0.3) is 6.69 Å². The maximum atomic E-state index is 6.55. The van der Waals surface area contributed by atoms with Crippen molar-refractivity contribution in [2.75, 3.05) is 39.6 Å². The van der Waals surface area contributed by atoms with E-state index < -0.39 is 6.69 Å². The van der Waals surface area contributed by atoms with Gasteiger partial charge in [0.05, 0.1) is 26.4 Å². The van der Waals surface area contributed by atoms with Gasteiger partial charge < -0.3 is 14.2 Å². The fourth-order valence-electron chi connectivity index (χ4n) is 2.84. The molecule has 0 aromatic rings. The molecule has 0 bridgehead atoms. The Kier molecular flexibility index (Phi) is 20.9.